The van der Waals surface area contributed by atoms with Crippen LogP contribution < -0.4 is 4.90 Å². The zero-order valence-corrected chi connectivity index (χ0v) is 10.8. The van der Waals surface area contributed by atoms with Crippen molar-refractivity contribution in [3.63, 3.8) is 0 Å². The van der Waals surface area contributed by atoms with Crippen molar-refractivity contribution in [1.29, 1.82) is 0 Å². The van der Waals surface area contributed by atoms with Gasteiger partial charge in [-0.1, -0.05) is 0 Å². The highest BCUT2D eigenvalue weighted by Crippen LogP contribution is 2.38. The second-order valence-corrected chi connectivity index (χ2v) is 5.23. The zero-order chi connectivity index (χ0) is 13.2. The normalized spacial score (nSPS) is 21.1. The van der Waals surface area contributed by atoms with Crippen LogP contribution in [0.3, 0.4) is 0 Å². The molecule has 0 radical (unpaired) electrons. The van der Waals surface area contributed by atoms with E-state index in [1.165, 1.54) is 12.8 Å². The van der Waals surface area contributed by atoms with Crippen LogP contribution >= 0.6 is 0 Å². The molecule has 2 heterocycles. The summed E-state index contributed by atoms with van der Waals surface area (Å²) in [6.07, 6.45) is 1.94. The van der Waals surface area contributed by atoms with E-state index < -0.39 is 6.43 Å². The lowest BCUT2D eigenvalue weighted by Crippen LogP contribution is -2.48. The molecule has 2 aliphatic rings. The third-order valence-electron chi connectivity index (χ3n) is 3.69. The first-order valence-corrected chi connectivity index (χ1v) is 6.81. The van der Waals surface area contributed by atoms with Gasteiger partial charge in [-0.25, -0.2) is 18.7 Å². The average molecular weight is 268 g/mol. The smallest absolute Gasteiger partial charge is 0.251 e. The monoisotopic (exact) mass is 268 g/mol. The number of nitrogens with zero attached hydrogens (tertiary/aromatic N) is 4. The number of anilines is 1. The minimum Gasteiger partial charge on any atom is -0.354 e. The number of alkyl halides is 2. The molecule has 0 bridgehead atoms. The molecule has 1 aromatic heterocycles. The molecule has 3 rings (SSSR count). The number of aromatic nitrogens is 2. The summed E-state index contributed by atoms with van der Waals surface area (Å²) in [5.41, 5.74) is 0. The molecular formula is C13H18F2N4. The quantitative estimate of drug-likeness (QED) is 0.832. The first-order valence-electron chi connectivity index (χ1n) is 6.81. The predicted molar refractivity (Wildman–Crippen MR) is 68.7 cm³/mol. The molecule has 4 nitrogen and oxygen atoms in total. The van der Waals surface area contributed by atoms with Crippen LogP contribution in [0.2, 0.25) is 0 Å². The van der Waals surface area contributed by atoms with Crippen LogP contribution in [0, 0.1) is 0 Å². The van der Waals surface area contributed by atoms with Crippen LogP contribution in [0.5, 0.6) is 0 Å². The van der Waals surface area contributed by atoms with Crippen LogP contribution in [-0.2, 0) is 0 Å². The fraction of sp³-hybridized carbons (Fsp3) is 0.692. The molecule has 0 unspecified atom stereocenters. The number of hydrogen-bond donors (Lipinski definition) is 0. The highest BCUT2D eigenvalue weighted by Gasteiger charge is 2.27. The van der Waals surface area contributed by atoms with Crippen molar-refractivity contribution in [3.05, 3.63) is 18.1 Å². The molecule has 1 aliphatic carbocycles. The highest BCUT2D eigenvalue weighted by atomic mass is 19.3. The molecule has 19 heavy (non-hydrogen) atoms. The Morgan fingerprint density at radius 3 is 2.58 bits per heavy atom. The number of piperazine rings is 1. The Morgan fingerprint density at radius 1 is 1.21 bits per heavy atom. The molecule has 2 fully saturated rings. The highest BCUT2D eigenvalue weighted by molar-refractivity contribution is 5.38. The van der Waals surface area contributed by atoms with Crippen molar-refractivity contribution in [3.8, 4) is 0 Å². The van der Waals surface area contributed by atoms with E-state index >= 15 is 0 Å². The molecule has 6 heteroatoms. The molecular weight excluding hydrogens is 250 g/mol. The van der Waals surface area contributed by atoms with Gasteiger partial charge in [0.25, 0.3) is 6.43 Å². The first kappa shape index (κ1) is 12.7. The van der Waals surface area contributed by atoms with E-state index in [0.717, 1.165) is 24.7 Å². The van der Waals surface area contributed by atoms with Crippen molar-refractivity contribution in [2.45, 2.75) is 25.2 Å². The van der Waals surface area contributed by atoms with E-state index in [1.54, 1.807) is 0 Å². The van der Waals surface area contributed by atoms with E-state index in [9.17, 15) is 8.78 Å². The fourth-order valence-corrected chi connectivity index (χ4v) is 2.43. The predicted octanol–water partition coefficient (Wildman–Crippen LogP) is 1.74. The van der Waals surface area contributed by atoms with Crippen molar-refractivity contribution in [2.75, 3.05) is 37.6 Å². The molecule has 0 spiro atoms. The minimum atomic E-state index is -2.24. The van der Waals surface area contributed by atoms with E-state index in [4.69, 9.17) is 0 Å². The third kappa shape index (κ3) is 3.18. The van der Waals surface area contributed by atoms with E-state index in [-0.39, 0.29) is 6.54 Å². The second kappa shape index (κ2) is 5.36. The first-order chi connectivity index (χ1) is 9.22. The maximum atomic E-state index is 12.3. The second-order valence-electron chi connectivity index (χ2n) is 5.23. The number of halogens is 2. The molecule has 104 valence electrons. The van der Waals surface area contributed by atoms with Crippen molar-refractivity contribution in [2.24, 2.45) is 0 Å². The summed E-state index contributed by atoms with van der Waals surface area (Å²) in [5.74, 6) is 2.42. The summed E-state index contributed by atoms with van der Waals surface area (Å²) in [7, 11) is 0. The van der Waals surface area contributed by atoms with Gasteiger partial charge in [-0.05, 0) is 18.9 Å². The van der Waals surface area contributed by atoms with Crippen molar-refractivity contribution >= 4 is 5.82 Å². The Hall–Kier alpha value is -1.30. The Morgan fingerprint density at radius 2 is 1.95 bits per heavy atom. The summed E-state index contributed by atoms with van der Waals surface area (Å²) in [5, 5.41) is 0. The molecule has 1 aromatic rings. The van der Waals surface area contributed by atoms with Gasteiger partial charge < -0.3 is 4.90 Å². The number of hydrogen-bond acceptors (Lipinski definition) is 4. The molecule has 1 saturated carbocycles. The van der Waals surface area contributed by atoms with Crippen LogP contribution in [0.1, 0.15) is 24.6 Å². The summed E-state index contributed by atoms with van der Waals surface area (Å²) >= 11 is 0. The van der Waals surface area contributed by atoms with Gasteiger partial charge in [0.05, 0.1) is 6.54 Å². The molecule has 1 aliphatic heterocycles. The van der Waals surface area contributed by atoms with E-state index in [2.05, 4.69) is 14.9 Å². The Labute approximate surface area is 111 Å². The minimum absolute atomic E-state index is 0.120. The maximum absolute atomic E-state index is 12.3. The fourth-order valence-electron chi connectivity index (χ4n) is 2.43. The van der Waals surface area contributed by atoms with Crippen LogP contribution in [-0.4, -0.2) is 54.0 Å². The molecule has 0 atom stereocenters. The summed E-state index contributed by atoms with van der Waals surface area (Å²) in [6, 6.07) is 1.91. The SMILES string of the molecule is FC(F)CN1CCN(c2ccnc(C3CC3)n2)CC1. The number of rotatable bonds is 4. The van der Waals surface area contributed by atoms with Crippen LogP contribution in [0.15, 0.2) is 12.3 Å². The maximum Gasteiger partial charge on any atom is 0.251 e. The molecule has 0 aromatic carbocycles. The largest absolute Gasteiger partial charge is 0.354 e. The van der Waals surface area contributed by atoms with Crippen LogP contribution in [0.25, 0.3) is 0 Å². The Balaban J connectivity index is 1.60. The standard InChI is InChI=1S/C13H18F2N4/c14-11(15)9-18-5-7-19(8-6-18)12-3-4-16-13(17-12)10-1-2-10/h3-4,10-11H,1-2,5-9H2. The van der Waals surface area contributed by atoms with E-state index in [0.29, 0.717) is 19.0 Å². The van der Waals surface area contributed by atoms with Crippen molar-refractivity contribution in [1.82, 2.24) is 14.9 Å². The van der Waals surface area contributed by atoms with Crippen LogP contribution in [0.4, 0.5) is 14.6 Å². The molecule has 1 saturated heterocycles. The molecule has 0 amide bonds. The summed E-state index contributed by atoms with van der Waals surface area (Å²) < 4.78 is 24.6. The lowest BCUT2D eigenvalue weighted by atomic mass is 10.3. The van der Waals surface area contributed by atoms with Crippen molar-refractivity contribution < 1.29 is 8.78 Å². The van der Waals surface area contributed by atoms with Gasteiger partial charge in [-0.3, -0.25) is 4.90 Å². The Bertz CT molecular complexity index is 428. The van der Waals surface area contributed by atoms with Gasteiger partial charge in [0, 0.05) is 38.3 Å². The van der Waals surface area contributed by atoms with Gasteiger partial charge >= 0.3 is 0 Å². The lowest BCUT2D eigenvalue weighted by Gasteiger charge is -2.35. The van der Waals surface area contributed by atoms with Gasteiger partial charge in [0.1, 0.15) is 11.6 Å². The Kier molecular flexibility index (Phi) is 3.59. The summed E-state index contributed by atoms with van der Waals surface area (Å²) in [6.45, 7) is 2.74. The average Bonchev–Trinajstić information content (AvgIpc) is 3.23. The third-order valence-corrected chi connectivity index (χ3v) is 3.69. The van der Waals surface area contributed by atoms with E-state index in [1.807, 2.05) is 17.2 Å². The van der Waals surface area contributed by atoms with Gasteiger partial charge in [0.2, 0.25) is 0 Å². The summed E-state index contributed by atoms with van der Waals surface area (Å²) in [4.78, 5) is 12.9. The molecule has 0 N–H and O–H groups in total. The zero-order valence-electron chi connectivity index (χ0n) is 10.8. The lowest BCUT2D eigenvalue weighted by molar-refractivity contribution is 0.0853. The topological polar surface area (TPSA) is 32.3 Å². The van der Waals surface area contributed by atoms with Gasteiger partial charge in [0.15, 0.2) is 0 Å². The van der Waals surface area contributed by atoms with Gasteiger partial charge in [-0.2, -0.15) is 0 Å². The van der Waals surface area contributed by atoms with Gasteiger partial charge in [-0.15, -0.1) is 0 Å².